The predicted molar refractivity (Wildman–Crippen MR) is 41.0 cm³/mol. The average Bonchev–Trinajstić information content (AvgIpc) is 2.52. The topological polar surface area (TPSA) is 37.4 Å². The van der Waals surface area contributed by atoms with Crippen LogP contribution in [-0.4, -0.2) is 30.2 Å². The van der Waals surface area contributed by atoms with Crippen LogP contribution in [0.25, 0.3) is 0 Å². The molecule has 0 atom stereocenters. The van der Waals surface area contributed by atoms with Crippen molar-refractivity contribution in [1.29, 1.82) is 0 Å². The fraction of sp³-hybridized carbons (Fsp3) is 0.500. The van der Waals surface area contributed by atoms with Crippen molar-refractivity contribution in [1.82, 2.24) is 4.90 Å². The normalized spacial score (nSPS) is 17.6. The summed E-state index contributed by atoms with van der Waals surface area (Å²) in [5.74, 6) is -0.0467. The van der Waals surface area contributed by atoms with Gasteiger partial charge >= 0.3 is 0 Å². The third kappa shape index (κ3) is 2.18. The third-order valence-corrected chi connectivity index (χ3v) is 1.74. The van der Waals surface area contributed by atoms with Gasteiger partial charge in [-0.2, -0.15) is 0 Å². The maximum Gasteiger partial charge on any atom is 0.246 e. The number of carbonyl (C=O) groups excluding carboxylic acids is 2. The van der Waals surface area contributed by atoms with Gasteiger partial charge in [0.05, 0.1) is 0 Å². The molecule has 0 aromatic rings. The van der Waals surface area contributed by atoms with E-state index in [4.69, 9.17) is 0 Å². The van der Waals surface area contributed by atoms with Gasteiger partial charge in [0, 0.05) is 19.2 Å². The molecule has 0 N–H and O–H groups in total. The molecular formula is C8H11NO2. The van der Waals surface area contributed by atoms with Crippen molar-refractivity contribution in [3.05, 3.63) is 12.2 Å². The number of likely N-dealkylation sites (tertiary alicyclic amines) is 1. The Bertz CT molecular complexity index is 181. The summed E-state index contributed by atoms with van der Waals surface area (Å²) in [5.41, 5.74) is 0. The van der Waals surface area contributed by atoms with Crippen molar-refractivity contribution in [3.63, 3.8) is 0 Å². The maximum atomic E-state index is 11.1. The first-order valence-corrected chi connectivity index (χ1v) is 3.75. The molecule has 0 radical (unpaired) electrons. The van der Waals surface area contributed by atoms with E-state index >= 15 is 0 Å². The lowest BCUT2D eigenvalue weighted by atomic mass is 10.4. The molecule has 1 aliphatic rings. The van der Waals surface area contributed by atoms with Gasteiger partial charge < -0.3 is 4.90 Å². The van der Waals surface area contributed by atoms with Gasteiger partial charge in [-0.05, 0) is 18.9 Å². The molecule has 0 bridgehead atoms. The van der Waals surface area contributed by atoms with Crippen LogP contribution in [0.5, 0.6) is 0 Å². The fourth-order valence-electron chi connectivity index (χ4n) is 1.16. The zero-order valence-corrected chi connectivity index (χ0v) is 6.32. The van der Waals surface area contributed by atoms with Crippen molar-refractivity contribution >= 4 is 12.2 Å². The molecule has 1 saturated heterocycles. The van der Waals surface area contributed by atoms with E-state index in [-0.39, 0.29) is 5.91 Å². The van der Waals surface area contributed by atoms with E-state index in [1.54, 1.807) is 4.90 Å². The second-order valence-electron chi connectivity index (χ2n) is 2.53. The number of hydrogen-bond donors (Lipinski definition) is 0. The van der Waals surface area contributed by atoms with Crippen molar-refractivity contribution in [2.45, 2.75) is 12.8 Å². The average molecular weight is 153 g/mol. The van der Waals surface area contributed by atoms with Crippen molar-refractivity contribution in [3.8, 4) is 0 Å². The second kappa shape index (κ2) is 3.91. The largest absolute Gasteiger partial charge is 0.339 e. The Kier molecular flexibility index (Phi) is 2.83. The Labute approximate surface area is 65.7 Å². The van der Waals surface area contributed by atoms with Gasteiger partial charge in [-0.1, -0.05) is 0 Å². The number of hydrogen-bond acceptors (Lipinski definition) is 2. The van der Waals surface area contributed by atoms with Crippen molar-refractivity contribution in [2.75, 3.05) is 13.1 Å². The van der Waals surface area contributed by atoms with E-state index in [9.17, 15) is 9.59 Å². The number of amides is 1. The highest BCUT2D eigenvalue weighted by molar-refractivity contribution is 5.91. The Hall–Kier alpha value is -1.12. The smallest absolute Gasteiger partial charge is 0.246 e. The molecule has 1 heterocycles. The standard InChI is InChI=1S/C8H11NO2/c10-7-3-4-8(11)9-5-1-2-6-9/h3-4,7H,1-2,5-6H2. The summed E-state index contributed by atoms with van der Waals surface area (Å²) >= 11 is 0. The van der Waals surface area contributed by atoms with Gasteiger partial charge in [0.15, 0.2) is 0 Å². The van der Waals surface area contributed by atoms with Gasteiger partial charge in [-0.3, -0.25) is 9.59 Å². The van der Waals surface area contributed by atoms with Gasteiger partial charge in [0.2, 0.25) is 5.91 Å². The molecule has 1 amide bonds. The van der Waals surface area contributed by atoms with E-state index in [0.29, 0.717) is 6.29 Å². The molecular weight excluding hydrogens is 142 g/mol. The van der Waals surface area contributed by atoms with Gasteiger partial charge in [-0.15, -0.1) is 0 Å². The first-order chi connectivity index (χ1) is 5.34. The zero-order valence-electron chi connectivity index (χ0n) is 6.32. The molecule has 0 aromatic carbocycles. The Morgan fingerprint density at radius 2 is 1.91 bits per heavy atom. The summed E-state index contributed by atoms with van der Waals surface area (Å²) in [6.45, 7) is 1.67. The fourth-order valence-corrected chi connectivity index (χ4v) is 1.16. The van der Waals surface area contributed by atoms with E-state index in [1.807, 2.05) is 0 Å². The quantitative estimate of drug-likeness (QED) is 0.424. The number of aldehydes is 1. The second-order valence-corrected chi connectivity index (χ2v) is 2.53. The maximum absolute atomic E-state index is 11.1. The van der Waals surface area contributed by atoms with Crippen molar-refractivity contribution < 1.29 is 9.59 Å². The van der Waals surface area contributed by atoms with Gasteiger partial charge in [0.1, 0.15) is 6.29 Å². The third-order valence-electron chi connectivity index (χ3n) is 1.74. The van der Waals surface area contributed by atoms with E-state index in [1.165, 1.54) is 12.2 Å². The van der Waals surface area contributed by atoms with Crippen LogP contribution >= 0.6 is 0 Å². The molecule has 0 unspecified atom stereocenters. The molecule has 0 aromatic heterocycles. The SMILES string of the molecule is O=CC=CC(=O)N1CCCC1. The lowest BCUT2D eigenvalue weighted by molar-refractivity contribution is -0.125. The summed E-state index contributed by atoms with van der Waals surface area (Å²) in [4.78, 5) is 22.7. The Morgan fingerprint density at radius 1 is 1.27 bits per heavy atom. The number of rotatable bonds is 2. The summed E-state index contributed by atoms with van der Waals surface area (Å²) in [6, 6.07) is 0. The van der Waals surface area contributed by atoms with E-state index in [0.717, 1.165) is 25.9 Å². The van der Waals surface area contributed by atoms with Crippen LogP contribution < -0.4 is 0 Å². The molecule has 1 fully saturated rings. The Morgan fingerprint density at radius 3 is 2.45 bits per heavy atom. The molecule has 3 nitrogen and oxygen atoms in total. The van der Waals surface area contributed by atoms with E-state index < -0.39 is 0 Å². The Balaban J connectivity index is 2.40. The molecule has 0 aliphatic carbocycles. The van der Waals surface area contributed by atoms with Gasteiger partial charge in [0.25, 0.3) is 0 Å². The minimum absolute atomic E-state index is 0.0467. The van der Waals surface area contributed by atoms with Crippen LogP contribution in [0.4, 0.5) is 0 Å². The zero-order chi connectivity index (χ0) is 8.10. The summed E-state index contributed by atoms with van der Waals surface area (Å²) in [7, 11) is 0. The molecule has 60 valence electrons. The molecule has 3 heteroatoms. The lowest BCUT2D eigenvalue weighted by Gasteiger charge is -2.10. The van der Waals surface area contributed by atoms with Crippen LogP contribution in [0.3, 0.4) is 0 Å². The summed E-state index contributed by atoms with van der Waals surface area (Å²) < 4.78 is 0. The summed E-state index contributed by atoms with van der Waals surface area (Å²) in [5, 5.41) is 0. The monoisotopic (exact) mass is 153 g/mol. The van der Waals surface area contributed by atoms with Crippen LogP contribution in [-0.2, 0) is 9.59 Å². The van der Waals surface area contributed by atoms with Gasteiger partial charge in [-0.25, -0.2) is 0 Å². The minimum Gasteiger partial charge on any atom is -0.339 e. The highest BCUT2D eigenvalue weighted by Crippen LogP contribution is 2.07. The highest BCUT2D eigenvalue weighted by atomic mass is 16.2. The van der Waals surface area contributed by atoms with Crippen LogP contribution in [0.15, 0.2) is 12.2 Å². The predicted octanol–water partition coefficient (Wildman–Crippen LogP) is 0.364. The molecule has 0 saturated carbocycles. The number of carbonyl (C=O) groups is 2. The summed E-state index contributed by atoms with van der Waals surface area (Å²) in [6.07, 6.45) is 5.34. The first kappa shape index (κ1) is 7.98. The minimum atomic E-state index is -0.0467. The first-order valence-electron chi connectivity index (χ1n) is 3.75. The van der Waals surface area contributed by atoms with E-state index in [2.05, 4.69) is 0 Å². The molecule has 1 rings (SSSR count). The van der Waals surface area contributed by atoms with Crippen LogP contribution in [0.1, 0.15) is 12.8 Å². The number of allylic oxidation sites excluding steroid dienone is 1. The van der Waals surface area contributed by atoms with Crippen molar-refractivity contribution in [2.24, 2.45) is 0 Å². The molecule has 11 heavy (non-hydrogen) atoms. The highest BCUT2D eigenvalue weighted by Gasteiger charge is 2.14. The lowest BCUT2D eigenvalue weighted by Crippen LogP contribution is -2.25. The molecule has 0 spiro atoms. The number of nitrogens with zero attached hydrogens (tertiary/aromatic N) is 1. The van der Waals surface area contributed by atoms with Crippen LogP contribution in [0, 0.1) is 0 Å². The van der Waals surface area contributed by atoms with Crippen LogP contribution in [0.2, 0.25) is 0 Å². The molecule has 1 aliphatic heterocycles.